The molecular formula is C49H43N3O. The lowest BCUT2D eigenvalue weighted by atomic mass is 9.83. The van der Waals surface area contributed by atoms with Crippen LogP contribution in [0.5, 0.6) is 5.75 Å². The number of imidazole rings is 1. The molecule has 0 aliphatic carbocycles. The maximum atomic E-state index is 11.3. The van der Waals surface area contributed by atoms with Gasteiger partial charge in [0.2, 0.25) is 0 Å². The molecule has 0 unspecified atom stereocenters. The van der Waals surface area contributed by atoms with Gasteiger partial charge in [-0.1, -0.05) is 111 Å². The number of aromatic nitrogens is 3. The molecule has 0 fully saturated rings. The van der Waals surface area contributed by atoms with E-state index in [2.05, 4.69) is 39.0 Å². The summed E-state index contributed by atoms with van der Waals surface area (Å²) >= 11 is 0. The Morgan fingerprint density at radius 2 is 1.38 bits per heavy atom. The monoisotopic (exact) mass is 698 g/mol. The van der Waals surface area contributed by atoms with Crippen LogP contribution >= 0.6 is 0 Å². The molecule has 0 radical (unpaired) electrons. The predicted octanol–water partition coefficient (Wildman–Crippen LogP) is 12.7. The smallest absolute Gasteiger partial charge is 0.149 e. The van der Waals surface area contributed by atoms with Crippen LogP contribution in [0.1, 0.15) is 55.4 Å². The van der Waals surface area contributed by atoms with E-state index in [4.69, 9.17) is 22.3 Å². The third-order valence-electron chi connectivity index (χ3n) is 9.68. The highest BCUT2D eigenvalue weighted by atomic mass is 16.3. The van der Waals surface area contributed by atoms with Crippen molar-refractivity contribution in [1.29, 1.82) is 0 Å². The number of para-hydroxylation sites is 2. The van der Waals surface area contributed by atoms with Gasteiger partial charge < -0.3 is 5.11 Å². The predicted molar refractivity (Wildman–Crippen MR) is 221 cm³/mol. The first-order valence-electron chi connectivity index (χ1n) is 22.0. The van der Waals surface area contributed by atoms with E-state index in [9.17, 15) is 5.11 Å². The van der Waals surface area contributed by atoms with Crippen molar-refractivity contribution in [1.82, 2.24) is 14.5 Å². The number of phenols is 1. The third kappa shape index (κ3) is 6.42. The molecule has 0 saturated carbocycles. The number of hydrogen-bond acceptors (Lipinski definition) is 3. The van der Waals surface area contributed by atoms with Gasteiger partial charge in [-0.05, 0) is 125 Å². The van der Waals surface area contributed by atoms with E-state index < -0.39 is 20.6 Å². The second kappa shape index (κ2) is 13.4. The van der Waals surface area contributed by atoms with E-state index in [-0.39, 0.29) is 33.4 Å². The second-order valence-electron chi connectivity index (χ2n) is 14.3. The highest BCUT2D eigenvalue weighted by Gasteiger charge is 2.23. The fourth-order valence-corrected chi connectivity index (χ4v) is 6.83. The molecule has 260 valence electrons. The first-order chi connectivity index (χ1) is 29.2. The van der Waals surface area contributed by atoms with Gasteiger partial charge in [-0.2, -0.15) is 0 Å². The van der Waals surface area contributed by atoms with Crippen LogP contribution in [-0.2, 0) is 5.41 Å². The highest BCUT2D eigenvalue weighted by Crippen LogP contribution is 2.41. The van der Waals surface area contributed by atoms with Crippen molar-refractivity contribution < 1.29 is 17.4 Å². The van der Waals surface area contributed by atoms with Crippen LogP contribution in [-0.4, -0.2) is 19.6 Å². The number of aromatic hydroxyl groups is 1. The van der Waals surface area contributed by atoms with Crippen LogP contribution in [0.2, 0.25) is 0 Å². The highest BCUT2D eigenvalue weighted by molar-refractivity contribution is 5.97. The number of fused-ring (bicyclic) bond motifs is 1. The first-order valence-corrected chi connectivity index (χ1v) is 17.5. The Hall–Kier alpha value is -6.26. The molecule has 8 rings (SSSR count). The molecule has 0 bridgehead atoms. The van der Waals surface area contributed by atoms with E-state index in [1.165, 1.54) is 6.07 Å². The quantitative estimate of drug-likeness (QED) is 0.188. The normalized spacial score (nSPS) is 14.9. The fourth-order valence-electron chi connectivity index (χ4n) is 6.83. The van der Waals surface area contributed by atoms with Crippen molar-refractivity contribution in [2.75, 3.05) is 0 Å². The van der Waals surface area contributed by atoms with Gasteiger partial charge in [0.15, 0.2) is 0 Å². The first kappa shape index (κ1) is 24.8. The molecule has 2 heterocycles. The zero-order chi connectivity index (χ0) is 44.4. The van der Waals surface area contributed by atoms with Crippen molar-refractivity contribution >= 4 is 11.0 Å². The molecule has 6 aromatic carbocycles. The summed E-state index contributed by atoms with van der Waals surface area (Å²) in [4.78, 5) is 10.0. The second-order valence-corrected chi connectivity index (χ2v) is 14.3. The van der Waals surface area contributed by atoms with Crippen LogP contribution in [0.4, 0.5) is 0 Å². The average Bonchev–Trinajstić information content (AvgIpc) is 3.62. The lowest BCUT2D eigenvalue weighted by Gasteiger charge is -2.22. The molecule has 1 N–H and O–H groups in total. The molecule has 4 heteroatoms. The minimum Gasteiger partial charge on any atom is -0.507 e. The zero-order valence-corrected chi connectivity index (χ0v) is 29.6. The van der Waals surface area contributed by atoms with Gasteiger partial charge >= 0.3 is 0 Å². The molecule has 0 aliphatic heterocycles. The molecular weight excluding hydrogens is 647 g/mol. The van der Waals surface area contributed by atoms with Crippen molar-refractivity contribution in [2.24, 2.45) is 0 Å². The lowest BCUT2D eigenvalue weighted by molar-refractivity contribution is 0.477. The summed E-state index contributed by atoms with van der Waals surface area (Å²) in [7, 11) is 0. The molecule has 4 nitrogen and oxygen atoms in total. The maximum Gasteiger partial charge on any atom is 0.149 e. The Morgan fingerprint density at radius 1 is 0.604 bits per heavy atom. The van der Waals surface area contributed by atoms with Crippen molar-refractivity contribution in [3.05, 3.63) is 168 Å². The van der Waals surface area contributed by atoms with Gasteiger partial charge in [0.25, 0.3) is 0 Å². The number of benzene rings is 6. The van der Waals surface area contributed by atoms with Crippen LogP contribution in [0.15, 0.2) is 146 Å². The molecule has 0 atom stereocenters. The topological polar surface area (TPSA) is 50.9 Å². The molecule has 0 saturated heterocycles. The maximum absolute atomic E-state index is 11.3. The van der Waals surface area contributed by atoms with Gasteiger partial charge in [0.05, 0.1) is 22.3 Å². The molecule has 0 amide bonds. The number of hydrogen-bond donors (Lipinski definition) is 1. The van der Waals surface area contributed by atoms with Gasteiger partial charge in [0, 0.05) is 35.3 Å². The van der Waals surface area contributed by atoms with Crippen molar-refractivity contribution in [3.63, 3.8) is 0 Å². The van der Waals surface area contributed by atoms with Crippen LogP contribution in [0.3, 0.4) is 0 Å². The lowest BCUT2D eigenvalue weighted by Crippen LogP contribution is -2.11. The number of phenolic OH excluding ortho intramolecular Hbond substituents is 1. The Kier molecular flexibility index (Phi) is 6.27. The van der Waals surface area contributed by atoms with E-state index in [1.54, 1.807) is 89.6 Å². The summed E-state index contributed by atoms with van der Waals surface area (Å²) in [6.45, 7) is -1.36. The fraction of sp³-hybridized carbons (Fsp3) is 0.143. The van der Waals surface area contributed by atoms with Gasteiger partial charge in [0.1, 0.15) is 11.6 Å². The Labute approximate surface area is 324 Å². The average molecular weight is 699 g/mol. The summed E-state index contributed by atoms with van der Waals surface area (Å²) in [6, 6.07) is 41.5. The Balaban J connectivity index is 1.38. The molecule has 8 aromatic rings. The minimum atomic E-state index is -2.80. The van der Waals surface area contributed by atoms with Crippen LogP contribution in [0, 0.1) is 20.6 Å². The van der Waals surface area contributed by atoms with Crippen molar-refractivity contribution in [3.8, 4) is 67.5 Å². The third-order valence-corrected chi connectivity index (χ3v) is 9.68. The summed E-state index contributed by atoms with van der Waals surface area (Å²) < 4.78 is 76.4. The number of aryl methyl sites for hydroxylation is 2. The van der Waals surface area contributed by atoms with Crippen LogP contribution < -0.4 is 0 Å². The summed E-state index contributed by atoms with van der Waals surface area (Å²) in [5.41, 5.74) is 8.05. The Bertz CT molecular complexity index is 2960. The number of pyridine rings is 1. The van der Waals surface area contributed by atoms with E-state index >= 15 is 0 Å². The molecule has 0 aliphatic rings. The molecule has 0 spiro atoms. The van der Waals surface area contributed by atoms with E-state index in [1.807, 2.05) is 36.4 Å². The summed E-state index contributed by atoms with van der Waals surface area (Å²) in [5, 5.41) is 11.3. The van der Waals surface area contributed by atoms with Crippen molar-refractivity contribution in [2.45, 2.75) is 46.7 Å². The van der Waals surface area contributed by atoms with Gasteiger partial charge in [-0.15, -0.1) is 0 Å². The zero-order valence-electron chi connectivity index (χ0n) is 38.6. The summed E-state index contributed by atoms with van der Waals surface area (Å²) in [5.74, 6) is 0.286. The summed E-state index contributed by atoms with van der Waals surface area (Å²) in [6.07, 6.45) is 1.74. The largest absolute Gasteiger partial charge is 0.507 e. The molecule has 2 aromatic heterocycles. The van der Waals surface area contributed by atoms with E-state index in [0.717, 1.165) is 33.4 Å². The number of nitrogens with zero attached hydrogens (tertiary/aromatic N) is 3. The standard InChI is InChI=1S/C49H43N3O/c1-31-19-21-34(22-20-31)36-23-24-50-44(29-36)38-26-37(27-39(28-38)49(4,5)6)41-16-12-17-45-47(41)51-48(42-15-10-11-18-46(42)53)52(45)40-25-32(2)33(3)43(30-40)35-13-8-7-9-14-35/h7-30,53H,1-6H3/i1D3,2D3,3D3. The van der Waals surface area contributed by atoms with Gasteiger partial charge in [-0.25, -0.2) is 4.98 Å². The van der Waals surface area contributed by atoms with Crippen LogP contribution in [0.25, 0.3) is 72.7 Å². The SMILES string of the molecule is [2H]C([2H])([2H])c1ccc(-c2ccnc(-c3cc(-c4cccc5c4nc(-c4ccccc4O)n5-c4cc(-c5ccccc5)c(C([2H])([2H])[2H])c(C([2H])([2H])[2H])c4)cc(C(C)(C)C)c3)c2)cc1. The minimum absolute atomic E-state index is 0.0416. The van der Waals surface area contributed by atoms with Gasteiger partial charge in [-0.3, -0.25) is 9.55 Å². The molecule has 53 heavy (non-hydrogen) atoms. The van der Waals surface area contributed by atoms with E-state index in [0.29, 0.717) is 39.4 Å². The Morgan fingerprint density at radius 3 is 2.13 bits per heavy atom. The number of rotatable bonds is 6.